The van der Waals surface area contributed by atoms with Crippen molar-refractivity contribution in [1.82, 2.24) is 25.2 Å². The van der Waals surface area contributed by atoms with E-state index in [-0.39, 0.29) is 11.7 Å². The van der Waals surface area contributed by atoms with Gasteiger partial charge in [-0.3, -0.25) is 4.79 Å². The molecule has 0 fully saturated rings. The zero-order valence-corrected chi connectivity index (χ0v) is 15.9. The maximum absolute atomic E-state index is 12.2. The molecule has 1 N–H and O–H groups in total. The number of anilines is 1. The van der Waals surface area contributed by atoms with Gasteiger partial charge in [0.1, 0.15) is 23.0 Å². The van der Waals surface area contributed by atoms with Gasteiger partial charge in [0.15, 0.2) is 0 Å². The molecule has 9 nitrogen and oxygen atoms in total. The van der Waals surface area contributed by atoms with Gasteiger partial charge in [0.2, 0.25) is 11.1 Å². The first-order valence-corrected chi connectivity index (χ1v) is 8.96. The highest BCUT2D eigenvalue weighted by atomic mass is 32.2. The van der Waals surface area contributed by atoms with Crippen molar-refractivity contribution < 1.29 is 14.3 Å². The minimum absolute atomic E-state index is 0.127. The average molecular weight is 386 g/mol. The average Bonchev–Trinajstić information content (AvgIpc) is 3.14. The van der Waals surface area contributed by atoms with Crippen LogP contribution in [0.5, 0.6) is 11.5 Å². The molecule has 1 aromatic carbocycles. The van der Waals surface area contributed by atoms with Gasteiger partial charge in [0, 0.05) is 11.8 Å². The number of carbonyl (C=O) groups excluding carboxylic acids is 1. The highest BCUT2D eigenvalue weighted by molar-refractivity contribution is 7.99. The van der Waals surface area contributed by atoms with Crippen molar-refractivity contribution in [2.24, 2.45) is 0 Å². The number of benzene rings is 1. The van der Waals surface area contributed by atoms with E-state index < -0.39 is 0 Å². The third-order valence-corrected chi connectivity index (χ3v) is 4.46. The third-order valence-electron chi connectivity index (χ3n) is 3.54. The summed E-state index contributed by atoms with van der Waals surface area (Å²) in [6.07, 6.45) is 0. The number of methoxy groups -OCH3 is 2. The fourth-order valence-corrected chi connectivity index (χ4v) is 2.99. The van der Waals surface area contributed by atoms with Crippen LogP contribution < -0.4 is 14.8 Å². The topological polar surface area (TPSA) is 104 Å². The smallest absolute Gasteiger partial charge is 0.236 e. The van der Waals surface area contributed by atoms with Gasteiger partial charge in [-0.15, -0.1) is 5.10 Å². The molecule has 27 heavy (non-hydrogen) atoms. The van der Waals surface area contributed by atoms with Gasteiger partial charge < -0.3 is 14.8 Å². The van der Waals surface area contributed by atoms with Crippen LogP contribution in [-0.2, 0) is 4.79 Å². The Bertz CT molecular complexity index is 946. The van der Waals surface area contributed by atoms with Crippen molar-refractivity contribution in [2.45, 2.75) is 12.1 Å². The number of aryl methyl sites for hydroxylation is 1. The van der Waals surface area contributed by atoms with Gasteiger partial charge in [-0.05, 0) is 41.6 Å². The summed E-state index contributed by atoms with van der Waals surface area (Å²) in [6.45, 7) is 1.86. The van der Waals surface area contributed by atoms with Gasteiger partial charge in [-0.1, -0.05) is 17.8 Å². The predicted molar refractivity (Wildman–Crippen MR) is 101 cm³/mol. The van der Waals surface area contributed by atoms with Crippen LogP contribution in [-0.4, -0.2) is 51.1 Å². The zero-order valence-electron chi connectivity index (χ0n) is 15.0. The van der Waals surface area contributed by atoms with Crippen LogP contribution in [0, 0.1) is 6.92 Å². The molecule has 0 aliphatic rings. The highest BCUT2D eigenvalue weighted by Crippen LogP contribution is 2.29. The van der Waals surface area contributed by atoms with E-state index in [1.54, 1.807) is 38.5 Å². The van der Waals surface area contributed by atoms with Crippen LogP contribution in [0.25, 0.3) is 5.69 Å². The Morgan fingerprint density at radius 1 is 1.22 bits per heavy atom. The summed E-state index contributed by atoms with van der Waals surface area (Å²) in [6, 6.07) is 10.7. The summed E-state index contributed by atoms with van der Waals surface area (Å²) in [7, 11) is 3.13. The Labute approximate surface area is 160 Å². The normalized spacial score (nSPS) is 10.5. The number of thioether (sulfide) groups is 1. The number of aromatic nitrogens is 5. The Hall–Kier alpha value is -3.14. The van der Waals surface area contributed by atoms with Crippen molar-refractivity contribution in [2.75, 3.05) is 25.3 Å². The lowest BCUT2D eigenvalue weighted by atomic mass is 10.3. The van der Waals surface area contributed by atoms with Crippen molar-refractivity contribution in [3.8, 4) is 17.2 Å². The van der Waals surface area contributed by atoms with E-state index >= 15 is 0 Å². The van der Waals surface area contributed by atoms with Gasteiger partial charge >= 0.3 is 0 Å². The van der Waals surface area contributed by atoms with E-state index in [0.29, 0.717) is 28.2 Å². The maximum Gasteiger partial charge on any atom is 0.236 e. The number of amides is 1. The molecule has 0 unspecified atom stereocenters. The SMILES string of the molecule is COc1ccc(OC)c(-n2nnnc2SCC(=O)Nc2cccc(C)n2)c1. The van der Waals surface area contributed by atoms with E-state index in [1.807, 2.05) is 19.1 Å². The lowest BCUT2D eigenvalue weighted by molar-refractivity contribution is -0.113. The number of nitrogens with one attached hydrogen (secondary N) is 1. The summed E-state index contributed by atoms with van der Waals surface area (Å²) in [4.78, 5) is 16.4. The molecule has 0 atom stereocenters. The molecule has 140 valence electrons. The van der Waals surface area contributed by atoms with E-state index in [9.17, 15) is 4.79 Å². The quantitative estimate of drug-likeness (QED) is 0.616. The lowest BCUT2D eigenvalue weighted by Gasteiger charge is -2.11. The second kappa shape index (κ2) is 8.49. The molecule has 0 bridgehead atoms. The lowest BCUT2D eigenvalue weighted by Crippen LogP contribution is -2.15. The second-order valence-electron chi connectivity index (χ2n) is 5.41. The Morgan fingerprint density at radius 2 is 2.07 bits per heavy atom. The largest absolute Gasteiger partial charge is 0.497 e. The van der Waals surface area contributed by atoms with Crippen LogP contribution in [0.1, 0.15) is 5.69 Å². The Kier molecular flexibility index (Phi) is 5.87. The molecule has 0 radical (unpaired) electrons. The van der Waals surface area contributed by atoms with Crippen LogP contribution in [0.4, 0.5) is 5.82 Å². The summed E-state index contributed by atoms with van der Waals surface area (Å²) in [5.41, 5.74) is 1.44. The summed E-state index contributed by atoms with van der Waals surface area (Å²) in [5, 5.41) is 14.9. The van der Waals surface area contributed by atoms with E-state index in [0.717, 1.165) is 5.69 Å². The first-order chi connectivity index (χ1) is 13.1. The molecule has 0 spiro atoms. The number of pyridine rings is 1. The number of hydrogen-bond donors (Lipinski definition) is 1. The molecule has 3 rings (SSSR count). The summed E-state index contributed by atoms with van der Waals surface area (Å²) in [5.74, 6) is 1.65. The number of tetrazole rings is 1. The number of rotatable bonds is 7. The molecule has 10 heteroatoms. The van der Waals surface area contributed by atoms with Gasteiger partial charge in [-0.25, -0.2) is 4.98 Å². The first-order valence-electron chi connectivity index (χ1n) is 7.98. The number of carbonyl (C=O) groups is 1. The number of hydrogen-bond acceptors (Lipinski definition) is 8. The highest BCUT2D eigenvalue weighted by Gasteiger charge is 2.16. The Morgan fingerprint density at radius 3 is 2.81 bits per heavy atom. The fraction of sp³-hybridized carbons (Fsp3) is 0.235. The monoisotopic (exact) mass is 386 g/mol. The third kappa shape index (κ3) is 4.53. The van der Waals surface area contributed by atoms with Crippen molar-refractivity contribution in [1.29, 1.82) is 0 Å². The van der Waals surface area contributed by atoms with Crippen LogP contribution in [0.2, 0.25) is 0 Å². The van der Waals surface area contributed by atoms with Gasteiger partial charge in [-0.2, -0.15) is 4.68 Å². The molecule has 2 aromatic heterocycles. The van der Waals surface area contributed by atoms with Crippen LogP contribution in [0.3, 0.4) is 0 Å². The van der Waals surface area contributed by atoms with Crippen LogP contribution >= 0.6 is 11.8 Å². The molecule has 0 aliphatic heterocycles. The minimum atomic E-state index is -0.203. The molecule has 3 aromatic rings. The predicted octanol–water partition coefficient (Wildman–Crippen LogP) is 2.11. The Balaban J connectivity index is 1.73. The number of nitrogens with zero attached hydrogens (tertiary/aromatic N) is 5. The van der Waals surface area contributed by atoms with Gasteiger partial charge in [0.25, 0.3) is 0 Å². The molecule has 0 saturated heterocycles. The zero-order chi connectivity index (χ0) is 19.2. The molecule has 0 saturated carbocycles. The second-order valence-corrected chi connectivity index (χ2v) is 6.35. The van der Waals surface area contributed by atoms with Crippen LogP contribution in [0.15, 0.2) is 41.6 Å². The van der Waals surface area contributed by atoms with Crippen molar-refractivity contribution in [3.63, 3.8) is 0 Å². The minimum Gasteiger partial charge on any atom is -0.497 e. The fourth-order valence-electron chi connectivity index (χ4n) is 2.30. The standard InChI is InChI=1S/C17H18N6O3S/c1-11-5-4-6-15(18-11)19-16(24)10-27-17-20-21-22-23(17)13-9-12(25-2)7-8-14(13)26-3/h4-9H,10H2,1-3H3,(H,18,19,24). The molecule has 1 amide bonds. The van der Waals surface area contributed by atoms with Crippen molar-refractivity contribution >= 4 is 23.5 Å². The van der Waals surface area contributed by atoms with E-state index in [4.69, 9.17) is 9.47 Å². The summed E-state index contributed by atoms with van der Waals surface area (Å²) >= 11 is 1.20. The number of ether oxygens (including phenoxy) is 2. The first kappa shape index (κ1) is 18.6. The maximum atomic E-state index is 12.2. The van der Waals surface area contributed by atoms with E-state index in [2.05, 4.69) is 25.8 Å². The molecule has 0 aliphatic carbocycles. The molecular formula is C17H18N6O3S. The van der Waals surface area contributed by atoms with E-state index in [1.165, 1.54) is 16.4 Å². The van der Waals surface area contributed by atoms with Gasteiger partial charge in [0.05, 0.1) is 20.0 Å². The molecular weight excluding hydrogens is 368 g/mol. The van der Waals surface area contributed by atoms with Crippen molar-refractivity contribution in [3.05, 3.63) is 42.1 Å². The molecule has 2 heterocycles. The summed E-state index contributed by atoms with van der Waals surface area (Å²) < 4.78 is 12.1.